The number of urea groups is 1. The van der Waals surface area contributed by atoms with Crippen molar-refractivity contribution in [1.82, 2.24) is 35.1 Å². The van der Waals surface area contributed by atoms with Crippen LogP contribution in [0.4, 0.5) is 4.79 Å². The monoisotopic (exact) mass is 881 g/mol. The number of rotatable bonds is 11. The van der Waals surface area contributed by atoms with E-state index in [4.69, 9.17) is 31.0 Å². The summed E-state index contributed by atoms with van der Waals surface area (Å²) in [6, 6.07) is 2.88. The lowest BCUT2D eigenvalue weighted by atomic mass is 10.0. The van der Waals surface area contributed by atoms with Crippen molar-refractivity contribution in [2.45, 2.75) is 119 Å². The largest absolute Gasteiger partial charge is 0.495 e. The van der Waals surface area contributed by atoms with Gasteiger partial charge in [0.2, 0.25) is 21.8 Å². The van der Waals surface area contributed by atoms with E-state index in [1.54, 1.807) is 23.1 Å². The molecule has 1 saturated heterocycles. The average Bonchev–Trinajstić information content (AvgIpc) is 4.18. The summed E-state index contributed by atoms with van der Waals surface area (Å²) in [5.41, 5.74) is 0.494. The van der Waals surface area contributed by atoms with Crippen LogP contribution in [0.2, 0.25) is 5.02 Å². The number of fused-ring (bicyclic) bond motifs is 3. The number of sulfonamides is 1. The second kappa shape index (κ2) is 17.1. The van der Waals surface area contributed by atoms with Crippen molar-refractivity contribution in [3.63, 3.8) is 0 Å². The number of hydrogen-bond donors (Lipinski definition) is 3. The van der Waals surface area contributed by atoms with E-state index in [1.165, 1.54) is 23.3 Å². The van der Waals surface area contributed by atoms with Gasteiger partial charge in [0.05, 0.1) is 30.1 Å². The molecule has 18 heteroatoms. The van der Waals surface area contributed by atoms with Gasteiger partial charge in [0.25, 0.3) is 5.91 Å². The Bertz CT molecular complexity index is 2310. The van der Waals surface area contributed by atoms with Crippen molar-refractivity contribution in [2.75, 3.05) is 26.7 Å². The van der Waals surface area contributed by atoms with Crippen LogP contribution in [0.25, 0.3) is 21.6 Å². The van der Waals surface area contributed by atoms with Crippen LogP contribution in [0.3, 0.4) is 0 Å². The van der Waals surface area contributed by atoms with Crippen LogP contribution in [-0.4, -0.2) is 108 Å². The summed E-state index contributed by atoms with van der Waals surface area (Å²) in [4.78, 5) is 69.5. The van der Waals surface area contributed by atoms with Crippen LogP contribution in [-0.2, 0) is 24.4 Å². The SMILES string of the molecule is CCN(CC)C(=O)N[C@H]1CCCCC/C=C\[C@@H]2C[C@@]2(C(=O)NS(=O)(=O)C2CC2)NC(=O)[C@@H]2C[C@@H](Oc3cc(-c4nc(C5CC5)cs4)nc4c(Cl)c(OC)ccc34)CN2C1=O. The predicted molar refractivity (Wildman–Crippen MR) is 227 cm³/mol. The van der Waals surface area contributed by atoms with Gasteiger partial charge in [-0.05, 0) is 77.3 Å². The number of amides is 5. The maximum Gasteiger partial charge on any atom is 0.318 e. The quantitative estimate of drug-likeness (QED) is 0.203. The smallest absolute Gasteiger partial charge is 0.318 e. The van der Waals surface area contributed by atoms with E-state index in [9.17, 15) is 27.6 Å². The van der Waals surface area contributed by atoms with Crippen LogP contribution in [0.5, 0.6) is 11.5 Å². The predicted octanol–water partition coefficient (Wildman–Crippen LogP) is 5.67. The van der Waals surface area contributed by atoms with Crippen LogP contribution in [0.1, 0.15) is 96.1 Å². The number of pyridine rings is 1. The number of methoxy groups -OCH3 is 1. The number of nitrogens with zero attached hydrogens (tertiary/aromatic N) is 4. The molecule has 0 spiro atoms. The second-order valence-corrected chi connectivity index (χ2v) is 19.7. The van der Waals surface area contributed by atoms with Crippen molar-refractivity contribution >= 4 is 67.6 Å². The summed E-state index contributed by atoms with van der Waals surface area (Å²) in [7, 11) is -2.39. The van der Waals surface area contributed by atoms with Gasteiger partial charge in [-0.2, -0.15) is 0 Å². The molecule has 3 saturated carbocycles. The van der Waals surface area contributed by atoms with Crippen LogP contribution < -0.4 is 24.8 Å². The van der Waals surface area contributed by atoms with E-state index in [-0.39, 0.29) is 25.4 Å². The zero-order chi connectivity index (χ0) is 42.3. The van der Waals surface area contributed by atoms with E-state index in [0.717, 1.165) is 31.4 Å². The Morgan fingerprint density at radius 3 is 2.57 bits per heavy atom. The van der Waals surface area contributed by atoms with Gasteiger partial charge < -0.3 is 29.9 Å². The van der Waals surface area contributed by atoms with Crippen molar-refractivity contribution < 1.29 is 37.1 Å². The highest BCUT2D eigenvalue weighted by atomic mass is 35.5. The maximum absolute atomic E-state index is 14.8. The molecule has 60 heavy (non-hydrogen) atoms. The molecule has 2 aliphatic heterocycles. The number of benzene rings is 1. The number of carbonyl (C=O) groups is 4. The molecule has 0 unspecified atom stereocenters. The molecule has 2 aromatic heterocycles. The molecular formula is C42H52ClN7O8S2. The van der Waals surface area contributed by atoms with E-state index >= 15 is 0 Å². The first-order valence-corrected chi connectivity index (χ1v) is 23.9. The molecule has 4 heterocycles. The number of ether oxygens (including phenoxy) is 2. The molecule has 5 amide bonds. The van der Waals surface area contributed by atoms with Gasteiger partial charge in [0, 0.05) is 48.2 Å². The molecule has 15 nitrogen and oxygen atoms in total. The lowest BCUT2D eigenvalue weighted by Crippen LogP contribution is -2.59. The number of thiazole rings is 1. The highest BCUT2D eigenvalue weighted by molar-refractivity contribution is 7.91. The molecule has 3 N–H and O–H groups in total. The summed E-state index contributed by atoms with van der Waals surface area (Å²) in [6.45, 7) is 4.61. The van der Waals surface area contributed by atoms with Gasteiger partial charge in [0.15, 0.2) is 0 Å². The Balaban J connectivity index is 1.14. The molecule has 8 rings (SSSR count). The highest BCUT2D eigenvalue weighted by Gasteiger charge is 2.62. The Kier molecular flexibility index (Phi) is 12.0. The fraction of sp³-hybridized carbons (Fsp3) is 0.571. The van der Waals surface area contributed by atoms with Gasteiger partial charge in [-0.3, -0.25) is 19.1 Å². The van der Waals surface area contributed by atoms with Crippen LogP contribution in [0.15, 0.2) is 35.7 Å². The van der Waals surface area contributed by atoms with Crippen molar-refractivity contribution in [2.24, 2.45) is 5.92 Å². The topological polar surface area (TPSA) is 189 Å². The fourth-order valence-corrected chi connectivity index (χ4v) is 10.8. The molecule has 3 aromatic rings. The third-order valence-corrected chi connectivity index (χ3v) is 15.4. The van der Waals surface area contributed by atoms with E-state index in [2.05, 4.69) is 15.4 Å². The molecule has 0 bridgehead atoms. The molecule has 322 valence electrons. The normalized spacial score (nSPS) is 26.5. The van der Waals surface area contributed by atoms with Crippen molar-refractivity contribution in [3.05, 3.63) is 46.4 Å². The lowest BCUT2D eigenvalue weighted by Gasteiger charge is -2.31. The van der Waals surface area contributed by atoms with Gasteiger partial charge >= 0.3 is 6.03 Å². The standard InChI is InChI=1S/C42H52ClN7O8S2/c1-4-49(5-2)41(54)46-29-12-10-8-6-7-9-11-25-21-42(25,40(53)48-60(55,56)27-15-16-27)47-37(51)32-19-26(22-50(32)39(29)52)58-34-20-30(38-45-31(23-59-38)24-13-14-24)44-36-28(34)17-18-33(57-3)35(36)43/h9,11,17-18,20,23-27,29,32H,4-8,10,12-16,19,21-22H2,1-3H3,(H,46,54)(H,47,51)(H,48,53)/b11-9-/t25-,26-,29+,32+,42-/m1/s1. The second-order valence-electron chi connectivity index (χ2n) is 16.5. The number of nitrogens with one attached hydrogen (secondary N) is 3. The highest BCUT2D eigenvalue weighted by Crippen LogP contribution is 2.47. The first kappa shape index (κ1) is 42.2. The Morgan fingerprint density at radius 2 is 1.85 bits per heavy atom. The Hall–Kier alpha value is -4.48. The Labute approximate surface area is 359 Å². The lowest BCUT2D eigenvalue weighted by molar-refractivity contribution is -0.141. The summed E-state index contributed by atoms with van der Waals surface area (Å²) in [5.74, 6) is -0.988. The molecule has 3 aliphatic carbocycles. The van der Waals surface area contributed by atoms with Crippen LogP contribution >= 0.6 is 22.9 Å². The number of carbonyl (C=O) groups excluding carboxylic acids is 4. The summed E-state index contributed by atoms with van der Waals surface area (Å²) < 4.78 is 40.5. The molecule has 5 aliphatic rings. The summed E-state index contributed by atoms with van der Waals surface area (Å²) in [6.07, 6.45) is 9.79. The van der Waals surface area contributed by atoms with Gasteiger partial charge in [-0.1, -0.05) is 36.6 Å². The Morgan fingerprint density at radius 1 is 1.07 bits per heavy atom. The van der Waals surface area contributed by atoms with Gasteiger partial charge in [-0.25, -0.2) is 23.2 Å². The van der Waals surface area contributed by atoms with Crippen LogP contribution in [0, 0.1) is 5.92 Å². The first-order valence-electron chi connectivity index (χ1n) is 21.1. The molecule has 1 aromatic carbocycles. The van der Waals surface area contributed by atoms with Gasteiger partial charge in [0.1, 0.15) is 50.9 Å². The first-order chi connectivity index (χ1) is 28.8. The molecule has 0 radical (unpaired) electrons. The van der Waals surface area contributed by atoms with E-state index in [1.807, 2.05) is 31.4 Å². The van der Waals surface area contributed by atoms with E-state index in [0.29, 0.717) is 89.2 Å². The maximum atomic E-state index is 14.8. The number of hydrogen-bond acceptors (Lipinski definition) is 11. The third kappa shape index (κ3) is 8.67. The molecule has 4 fully saturated rings. The minimum atomic E-state index is -3.91. The fourth-order valence-electron chi connectivity index (χ4n) is 8.32. The molecular weight excluding hydrogens is 830 g/mol. The van der Waals surface area contributed by atoms with E-state index < -0.39 is 62.6 Å². The number of halogens is 1. The van der Waals surface area contributed by atoms with Gasteiger partial charge in [-0.15, -0.1) is 11.3 Å². The minimum Gasteiger partial charge on any atom is -0.495 e. The number of aromatic nitrogens is 2. The zero-order valence-electron chi connectivity index (χ0n) is 34.1. The molecule has 5 atom stereocenters. The van der Waals surface area contributed by atoms with Crippen molar-refractivity contribution in [1.29, 1.82) is 0 Å². The third-order valence-electron chi connectivity index (χ3n) is 12.3. The summed E-state index contributed by atoms with van der Waals surface area (Å²) >= 11 is 8.34. The average molecular weight is 883 g/mol. The minimum absolute atomic E-state index is 0.0146. The summed E-state index contributed by atoms with van der Waals surface area (Å²) in [5, 5.41) is 8.87. The number of allylic oxidation sites excluding steroid dienone is 1. The zero-order valence-corrected chi connectivity index (χ0v) is 36.5. The van der Waals surface area contributed by atoms with Crippen molar-refractivity contribution in [3.8, 4) is 22.2 Å².